The molecule has 3 N–H and O–H groups in total. The van der Waals surface area contributed by atoms with Crippen molar-refractivity contribution in [1.82, 2.24) is 10.6 Å². The summed E-state index contributed by atoms with van der Waals surface area (Å²) in [6, 6.07) is 0. The van der Waals surface area contributed by atoms with Gasteiger partial charge in [0.05, 0.1) is 6.10 Å². The molecule has 0 saturated heterocycles. The number of nitrogens with zero attached hydrogens (tertiary/aromatic N) is 1. The smallest absolute Gasteiger partial charge is 0.251 e. The fourth-order valence-corrected chi connectivity index (χ4v) is 3.76. The summed E-state index contributed by atoms with van der Waals surface area (Å²) in [6.07, 6.45) is 19.9. The molecule has 6 heteroatoms. The summed E-state index contributed by atoms with van der Waals surface area (Å²) < 4.78 is 5.93. The third kappa shape index (κ3) is 7.84. The second-order valence-electron chi connectivity index (χ2n) is 8.23. The molecule has 0 aliphatic heterocycles. The molecule has 0 bridgehead atoms. The lowest BCUT2D eigenvalue weighted by Crippen LogP contribution is -2.48. The van der Waals surface area contributed by atoms with Crippen LogP contribution in [0.4, 0.5) is 0 Å². The zero-order valence-electron chi connectivity index (χ0n) is 18.2. The Bertz CT molecular complexity index is 594. The standard InChI is InChI=1S/C23H39N3O3/c1-3-4-5-6-7-8-9-10-11-18-29-20-14-12-19(13-15-20)21(27)25-23(16-17-23)22(24-2)26-28/h12-14,20,28H,3-11,15-18H2,1-2H3,(H,24,26)(H,25,27). The van der Waals surface area contributed by atoms with E-state index in [1.165, 1.54) is 51.4 Å². The second-order valence-corrected chi connectivity index (χ2v) is 8.23. The Labute approximate surface area is 175 Å². The van der Waals surface area contributed by atoms with E-state index in [0.29, 0.717) is 11.4 Å². The molecule has 2 aliphatic carbocycles. The predicted molar refractivity (Wildman–Crippen MR) is 117 cm³/mol. The Morgan fingerprint density at radius 3 is 2.34 bits per heavy atom. The van der Waals surface area contributed by atoms with Crippen LogP contribution in [0.3, 0.4) is 0 Å². The summed E-state index contributed by atoms with van der Waals surface area (Å²) in [5, 5.41) is 18.2. The van der Waals surface area contributed by atoms with Crippen molar-refractivity contribution in [2.45, 2.75) is 95.6 Å². The number of rotatable bonds is 14. The van der Waals surface area contributed by atoms with Crippen molar-refractivity contribution < 1.29 is 14.7 Å². The first-order chi connectivity index (χ1) is 14.1. The van der Waals surface area contributed by atoms with Gasteiger partial charge in [-0.1, -0.05) is 81.7 Å². The normalized spacial score (nSPS) is 20.3. The highest BCUT2D eigenvalue weighted by molar-refractivity contribution is 6.03. The van der Waals surface area contributed by atoms with Gasteiger partial charge in [-0.3, -0.25) is 4.79 Å². The first-order valence-electron chi connectivity index (χ1n) is 11.4. The summed E-state index contributed by atoms with van der Waals surface area (Å²) in [6.45, 7) is 3.03. The van der Waals surface area contributed by atoms with Crippen LogP contribution in [0.1, 0.15) is 84.0 Å². The molecule has 1 unspecified atom stereocenters. The Kier molecular flexibility index (Phi) is 10.3. The number of ether oxygens (including phenoxy) is 1. The van der Waals surface area contributed by atoms with Gasteiger partial charge in [0.1, 0.15) is 5.54 Å². The van der Waals surface area contributed by atoms with E-state index in [0.717, 1.165) is 32.3 Å². The van der Waals surface area contributed by atoms with Gasteiger partial charge in [0.15, 0.2) is 5.84 Å². The van der Waals surface area contributed by atoms with E-state index in [9.17, 15) is 4.79 Å². The summed E-state index contributed by atoms with van der Waals surface area (Å²) in [4.78, 5) is 12.5. The molecule has 6 nitrogen and oxygen atoms in total. The maximum Gasteiger partial charge on any atom is 0.251 e. The maximum absolute atomic E-state index is 12.5. The molecule has 1 saturated carbocycles. The number of amides is 1. The number of oxime groups is 1. The summed E-state index contributed by atoms with van der Waals surface area (Å²) in [5.74, 6) is 0.279. The quantitative estimate of drug-likeness (QED) is 0.131. The number of amidine groups is 1. The first-order valence-corrected chi connectivity index (χ1v) is 11.4. The number of unbranched alkanes of at least 4 members (excludes halogenated alkanes) is 8. The minimum absolute atomic E-state index is 0.0577. The third-order valence-electron chi connectivity index (χ3n) is 5.80. The van der Waals surface area contributed by atoms with Gasteiger partial charge in [-0.15, -0.1) is 0 Å². The molecule has 1 atom stereocenters. The molecular weight excluding hydrogens is 366 g/mol. The van der Waals surface area contributed by atoms with Gasteiger partial charge >= 0.3 is 0 Å². The van der Waals surface area contributed by atoms with Crippen LogP contribution in [0.2, 0.25) is 0 Å². The van der Waals surface area contributed by atoms with Crippen LogP contribution >= 0.6 is 0 Å². The summed E-state index contributed by atoms with van der Waals surface area (Å²) in [7, 11) is 1.69. The zero-order chi connectivity index (χ0) is 21.0. The molecular formula is C23H39N3O3. The van der Waals surface area contributed by atoms with Crippen molar-refractivity contribution in [3.05, 3.63) is 23.8 Å². The van der Waals surface area contributed by atoms with Crippen LogP contribution in [0.5, 0.6) is 0 Å². The van der Waals surface area contributed by atoms with E-state index >= 15 is 0 Å². The second kappa shape index (κ2) is 12.7. The predicted octanol–water partition coefficient (Wildman–Crippen LogP) is 4.44. The average Bonchev–Trinajstić information content (AvgIpc) is 3.50. The van der Waals surface area contributed by atoms with E-state index < -0.39 is 5.54 Å². The molecule has 0 heterocycles. The van der Waals surface area contributed by atoms with Crippen molar-refractivity contribution in [3.8, 4) is 0 Å². The highest BCUT2D eigenvalue weighted by Crippen LogP contribution is 2.36. The Morgan fingerprint density at radius 1 is 1.17 bits per heavy atom. The molecule has 0 aromatic heterocycles. The molecule has 1 fully saturated rings. The third-order valence-corrected chi connectivity index (χ3v) is 5.80. The highest BCUT2D eigenvalue weighted by Gasteiger charge is 2.49. The molecule has 0 radical (unpaired) electrons. The number of likely N-dealkylation sites (N-methyl/N-ethyl adjacent to an activating group) is 1. The van der Waals surface area contributed by atoms with Gasteiger partial charge in [0.2, 0.25) is 0 Å². The maximum atomic E-state index is 12.5. The summed E-state index contributed by atoms with van der Waals surface area (Å²) in [5.41, 5.74) is 0.103. The monoisotopic (exact) mass is 405 g/mol. The van der Waals surface area contributed by atoms with E-state index in [1.54, 1.807) is 7.05 Å². The highest BCUT2D eigenvalue weighted by atomic mass is 16.5. The fourth-order valence-electron chi connectivity index (χ4n) is 3.76. The molecule has 0 spiro atoms. The lowest BCUT2D eigenvalue weighted by atomic mass is 10.0. The average molecular weight is 406 g/mol. The molecule has 164 valence electrons. The fraction of sp³-hybridized carbons (Fsp3) is 0.739. The van der Waals surface area contributed by atoms with Crippen LogP contribution in [0, 0.1) is 0 Å². The van der Waals surface area contributed by atoms with Crippen LogP contribution in [0.25, 0.3) is 0 Å². The topological polar surface area (TPSA) is 83.0 Å². The molecule has 1 amide bonds. The Balaban J connectivity index is 1.56. The van der Waals surface area contributed by atoms with Gasteiger partial charge < -0.3 is 20.6 Å². The van der Waals surface area contributed by atoms with Crippen LogP contribution < -0.4 is 10.6 Å². The first kappa shape index (κ1) is 23.5. The zero-order valence-corrected chi connectivity index (χ0v) is 18.2. The number of hydrogen-bond acceptors (Lipinski definition) is 4. The molecule has 29 heavy (non-hydrogen) atoms. The molecule has 2 aliphatic rings. The van der Waals surface area contributed by atoms with Crippen molar-refractivity contribution in [2.24, 2.45) is 5.16 Å². The largest absolute Gasteiger partial charge is 0.409 e. The number of carbonyl (C=O) groups is 1. The van der Waals surface area contributed by atoms with Crippen molar-refractivity contribution >= 4 is 11.7 Å². The van der Waals surface area contributed by atoms with Crippen molar-refractivity contribution in [2.75, 3.05) is 13.7 Å². The van der Waals surface area contributed by atoms with Crippen LogP contribution in [0.15, 0.2) is 29.0 Å². The lowest BCUT2D eigenvalue weighted by molar-refractivity contribution is -0.117. The van der Waals surface area contributed by atoms with Gasteiger partial charge in [-0.2, -0.15) is 0 Å². The number of carbonyl (C=O) groups excluding carboxylic acids is 1. The minimum Gasteiger partial charge on any atom is -0.409 e. The van der Waals surface area contributed by atoms with Gasteiger partial charge in [0.25, 0.3) is 5.91 Å². The van der Waals surface area contributed by atoms with Crippen LogP contribution in [-0.4, -0.2) is 42.2 Å². The van der Waals surface area contributed by atoms with E-state index in [1.807, 2.05) is 18.2 Å². The molecule has 0 aromatic carbocycles. The molecule has 2 rings (SSSR count). The van der Waals surface area contributed by atoms with Crippen LogP contribution in [-0.2, 0) is 9.53 Å². The van der Waals surface area contributed by atoms with Gasteiger partial charge in [-0.05, 0) is 25.7 Å². The molecule has 0 aromatic rings. The van der Waals surface area contributed by atoms with Crippen molar-refractivity contribution in [3.63, 3.8) is 0 Å². The summed E-state index contributed by atoms with van der Waals surface area (Å²) >= 11 is 0. The van der Waals surface area contributed by atoms with Gasteiger partial charge in [-0.25, -0.2) is 0 Å². The Morgan fingerprint density at radius 2 is 1.83 bits per heavy atom. The van der Waals surface area contributed by atoms with E-state index in [4.69, 9.17) is 9.94 Å². The Hall–Kier alpha value is -1.82. The lowest BCUT2D eigenvalue weighted by Gasteiger charge is -2.21. The minimum atomic E-state index is -0.543. The number of hydrogen-bond donors (Lipinski definition) is 3. The number of nitrogens with one attached hydrogen (secondary N) is 2. The van der Waals surface area contributed by atoms with E-state index in [2.05, 4.69) is 22.7 Å². The van der Waals surface area contributed by atoms with Gasteiger partial charge in [0, 0.05) is 19.2 Å². The SMILES string of the molecule is CCCCCCCCCCCOC1C=CC(C(=O)NC2(/C(=N/O)NC)CC2)=CC1. The van der Waals surface area contributed by atoms with E-state index in [-0.39, 0.29) is 12.0 Å². The van der Waals surface area contributed by atoms with Crippen molar-refractivity contribution in [1.29, 1.82) is 0 Å².